The molecule has 0 atom stereocenters. The Labute approximate surface area is 181 Å². The molecule has 2 heterocycles. The summed E-state index contributed by atoms with van der Waals surface area (Å²) in [6.07, 6.45) is 0. The number of carbonyl (C=O) groups is 2. The number of benzene rings is 2. The third-order valence-corrected chi connectivity index (χ3v) is 5.47. The number of ether oxygens (including phenoxy) is 4. The van der Waals surface area contributed by atoms with E-state index in [9.17, 15) is 9.59 Å². The maximum Gasteiger partial charge on any atom is 0.338 e. The fourth-order valence-electron chi connectivity index (χ4n) is 4.28. The number of anilines is 2. The summed E-state index contributed by atoms with van der Waals surface area (Å²) in [5.74, 6) is 0.497. The minimum absolute atomic E-state index is 0.309. The lowest BCUT2D eigenvalue weighted by molar-refractivity contribution is 0.0516. The highest BCUT2D eigenvalue weighted by Gasteiger charge is 2.35. The van der Waals surface area contributed by atoms with E-state index in [0.717, 1.165) is 22.5 Å². The van der Waals surface area contributed by atoms with E-state index < -0.39 is 0 Å². The zero-order valence-electron chi connectivity index (χ0n) is 18.2. The van der Waals surface area contributed by atoms with Crippen LogP contribution in [0.25, 0.3) is 0 Å². The Balaban J connectivity index is 1.78. The Morgan fingerprint density at radius 1 is 0.774 bits per heavy atom. The number of methoxy groups -OCH3 is 2. The molecule has 8 nitrogen and oxygen atoms in total. The average molecular weight is 426 g/mol. The first-order valence-electron chi connectivity index (χ1n) is 10.3. The van der Waals surface area contributed by atoms with E-state index in [1.165, 1.54) is 0 Å². The van der Waals surface area contributed by atoms with E-state index in [2.05, 4.69) is 9.80 Å². The molecule has 31 heavy (non-hydrogen) atoms. The second-order valence-electron chi connectivity index (χ2n) is 7.35. The van der Waals surface area contributed by atoms with E-state index in [4.69, 9.17) is 18.9 Å². The molecule has 0 unspecified atom stereocenters. The molecular weight excluding hydrogens is 400 g/mol. The van der Waals surface area contributed by atoms with Crippen molar-refractivity contribution in [2.45, 2.75) is 26.9 Å². The van der Waals surface area contributed by atoms with Crippen LogP contribution >= 0.6 is 0 Å². The molecule has 2 aliphatic rings. The summed E-state index contributed by atoms with van der Waals surface area (Å²) in [5, 5.41) is 0. The van der Waals surface area contributed by atoms with Crippen LogP contribution in [0, 0.1) is 0 Å². The number of hydrogen-bond donors (Lipinski definition) is 0. The molecule has 0 amide bonds. The Morgan fingerprint density at radius 2 is 1.19 bits per heavy atom. The molecule has 164 valence electrons. The van der Waals surface area contributed by atoms with Gasteiger partial charge in [-0.3, -0.25) is 0 Å². The first-order valence-corrected chi connectivity index (χ1v) is 10.3. The van der Waals surface area contributed by atoms with Crippen LogP contribution < -0.4 is 19.3 Å². The molecule has 4 rings (SSSR count). The summed E-state index contributed by atoms with van der Waals surface area (Å²) < 4.78 is 21.6. The highest BCUT2D eigenvalue weighted by Crippen LogP contribution is 2.46. The smallest absolute Gasteiger partial charge is 0.338 e. The second-order valence-corrected chi connectivity index (χ2v) is 7.35. The number of esters is 2. The molecule has 0 saturated carbocycles. The summed E-state index contributed by atoms with van der Waals surface area (Å²) in [6.45, 7) is 5.96. The van der Waals surface area contributed by atoms with Gasteiger partial charge >= 0.3 is 11.9 Å². The largest absolute Gasteiger partial charge is 0.495 e. The topological polar surface area (TPSA) is 77.5 Å². The van der Waals surface area contributed by atoms with Gasteiger partial charge in [0.2, 0.25) is 0 Å². The first-order chi connectivity index (χ1) is 15.0. The summed E-state index contributed by atoms with van der Waals surface area (Å²) in [6, 6.07) is 7.16. The van der Waals surface area contributed by atoms with Crippen LogP contribution in [0.2, 0.25) is 0 Å². The van der Waals surface area contributed by atoms with Gasteiger partial charge in [0.1, 0.15) is 11.5 Å². The fourth-order valence-corrected chi connectivity index (χ4v) is 4.28. The van der Waals surface area contributed by atoms with E-state index in [1.807, 2.05) is 12.1 Å². The molecule has 0 aromatic heterocycles. The van der Waals surface area contributed by atoms with E-state index in [0.29, 0.717) is 55.6 Å². The molecule has 0 spiro atoms. The van der Waals surface area contributed by atoms with Gasteiger partial charge < -0.3 is 28.7 Å². The van der Waals surface area contributed by atoms with Crippen molar-refractivity contribution in [3.05, 3.63) is 46.5 Å². The van der Waals surface area contributed by atoms with Crippen LogP contribution in [0.1, 0.15) is 45.7 Å². The minimum atomic E-state index is -0.374. The molecule has 0 saturated heterocycles. The predicted octanol–water partition coefficient (Wildman–Crippen LogP) is 3.35. The van der Waals surface area contributed by atoms with E-state index in [1.54, 1.807) is 40.2 Å². The number of nitrogens with zero attached hydrogens (tertiary/aromatic N) is 2. The molecule has 2 aliphatic heterocycles. The highest BCUT2D eigenvalue weighted by molar-refractivity contribution is 5.93. The minimum Gasteiger partial charge on any atom is -0.495 e. The Bertz CT molecular complexity index is 954. The van der Waals surface area contributed by atoms with Gasteiger partial charge in [-0.25, -0.2) is 9.59 Å². The van der Waals surface area contributed by atoms with Crippen LogP contribution in [0.3, 0.4) is 0 Å². The predicted molar refractivity (Wildman–Crippen MR) is 115 cm³/mol. The lowest BCUT2D eigenvalue weighted by Gasteiger charge is -2.45. The fraction of sp³-hybridized carbons (Fsp3) is 0.391. The van der Waals surface area contributed by atoms with Gasteiger partial charge in [-0.1, -0.05) is 0 Å². The zero-order valence-corrected chi connectivity index (χ0v) is 18.2. The van der Waals surface area contributed by atoms with Crippen LogP contribution in [-0.2, 0) is 22.6 Å². The second kappa shape index (κ2) is 8.37. The number of hydrogen-bond acceptors (Lipinski definition) is 8. The van der Waals surface area contributed by atoms with Gasteiger partial charge in [0.05, 0.1) is 56.6 Å². The average Bonchev–Trinajstić information content (AvgIpc) is 2.77. The van der Waals surface area contributed by atoms with Crippen molar-refractivity contribution in [3.8, 4) is 11.5 Å². The van der Waals surface area contributed by atoms with Crippen molar-refractivity contribution < 1.29 is 28.5 Å². The first kappa shape index (κ1) is 20.8. The van der Waals surface area contributed by atoms with Crippen molar-refractivity contribution >= 4 is 23.3 Å². The highest BCUT2D eigenvalue weighted by atomic mass is 16.5. The van der Waals surface area contributed by atoms with Crippen LogP contribution in [-0.4, -0.2) is 46.0 Å². The van der Waals surface area contributed by atoms with Gasteiger partial charge in [0, 0.05) is 13.1 Å². The standard InChI is InChI=1S/C23H26N2O6/c1-5-30-22(26)14-7-16-11-24-13-25(20(16)18(9-14)28-3)12-17-8-15(23(27)31-6-2)10-19(29-4)21(17)24/h7-10H,5-6,11-13H2,1-4H3. The van der Waals surface area contributed by atoms with Gasteiger partial charge in [0.25, 0.3) is 0 Å². The summed E-state index contributed by atoms with van der Waals surface area (Å²) in [4.78, 5) is 29.0. The molecule has 0 aliphatic carbocycles. The molecule has 2 bridgehead atoms. The number of fused-ring (bicyclic) bond motifs is 6. The van der Waals surface area contributed by atoms with Crippen LogP contribution in [0.5, 0.6) is 11.5 Å². The van der Waals surface area contributed by atoms with Crippen molar-refractivity contribution in [1.29, 1.82) is 0 Å². The number of carbonyl (C=O) groups excluding carboxylic acids is 2. The Morgan fingerprint density at radius 3 is 1.55 bits per heavy atom. The normalized spacial score (nSPS) is 13.8. The Kier molecular flexibility index (Phi) is 5.63. The van der Waals surface area contributed by atoms with Crippen LogP contribution in [0.15, 0.2) is 24.3 Å². The summed E-state index contributed by atoms with van der Waals surface area (Å²) in [5.41, 5.74) is 4.75. The van der Waals surface area contributed by atoms with Gasteiger partial charge in [-0.05, 0) is 49.2 Å². The number of rotatable bonds is 6. The maximum absolute atomic E-state index is 12.3. The van der Waals surface area contributed by atoms with Crippen LogP contribution in [0.4, 0.5) is 11.4 Å². The van der Waals surface area contributed by atoms with E-state index in [-0.39, 0.29) is 11.9 Å². The van der Waals surface area contributed by atoms with Crippen molar-refractivity contribution in [2.24, 2.45) is 0 Å². The third-order valence-electron chi connectivity index (χ3n) is 5.47. The molecule has 0 N–H and O–H groups in total. The van der Waals surface area contributed by atoms with E-state index >= 15 is 0 Å². The molecule has 2 aromatic rings. The summed E-state index contributed by atoms with van der Waals surface area (Å²) in [7, 11) is 3.19. The molecule has 8 heteroatoms. The SMILES string of the molecule is CCOC(=O)c1cc2c(c(OC)c1)N1Cc3cc(C(=O)OCC)cc(OC)c3N(C2)C1. The van der Waals surface area contributed by atoms with Gasteiger partial charge in [-0.15, -0.1) is 0 Å². The zero-order chi connectivity index (χ0) is 22.1. The van der Waals surface area contributed by atoms with Gasteiger partial charge in [0.15, 0.2) is 0 Å². The molecule has 2 aromatic carbocycles. The third kappa shape index (κ3) is 3.62. The quantitative estimate of drug-likeness (QED) is 0.651. The molecular formula is C23H26N2O6. The van der Waals surface area contributed by atoms with Crippen molar-refractivity contribution in [2.75, 3.05) is 43.9 Å². The summed E-state index contributed by atoms with van der Waals surface area (Å²) >= 11 is 0. The lowest BCUT2D eigenvalue weighted by Crippen LogP contribution is -2.46. The molecule has 0 fully saturated rings. The van der Waals surface area contributed by atoms with Crippen molar-refractivity contribution in [3.63, 3.8) is 0 Å². The monoisotopic (exact) mass is 426 g/mol. The Hall–Kier alpha value is -3.42. The van der Waals surface area contributed by atoms with Crippen molar-refractivity contribution in [1.82, 2.24) is 0 Å². The molecule has 0 radical (unpaired) electrons. The maximum atomic E-state index is 12.3. The van der Waals surface area contributed by atoms with Gasteiger partial charge in [-0.2, -0.15) is 0 Å². The lowest BCUT2D eigenvalue weighted by atomic mass is 9.97.